The molecule has 28 heavy (non-hydrogen) atoms. The van der Waals surface area contributed by atoms with Gasteiger partial charge in [0.2, 0.25) is 0 Å². The number of pyridine rings is 1. The van der Waals surface area contributed by atoms with Gasteiger partial charge in [0.05, 0.1) is 0 Å². The predicted octanol–water partition coefficient (Wildman–Crippen LogP) is 4.40. The zero-order valence-corrected chi connectivity index (χ0v) is 15.7. The standard InChI is InChI=1S/C23H23N3O2/c27-23(19-9-11-21(12-10-19)28-20-6-2-1-3-7-20)25-17-18-8-13-22(24-16-18)26-14-4-5-15-26/h1-3,6-13,16H,4-5,14-15,17H2,(H,25,27). The van der Waals surface area contributed by atoms with E-state index in [2.05, 4.69) is 15.2 Å². The van der Waals surface area contributed by atoms with Crippen molar-refractivity contribution in [1.82, 2.24) is 10.3 Å². The van der Waals surface area contributed by atoms with E-state index < -0.39 is 0 Å². The molecule has 0 saturated carbocycles. The molecule has 0 aliphatic carbocycles. The zero-order valence-electron chi connectivity index (χ0n) is 15.7. The van der Waals surface area contributed by atoms with Gasteiger partial charge in [-0.05, 0) is 60.9 Å². The molecule has 0 atom stereocenters. The van der Waals surface area contributed by atoms with Gasteiger partial charge >= 0.3 is 0 Å². The van der Waals surface area contributed by atoms with Gasteiger partial charge in [0, 0.05) is 31.4 Å². The molecule has 4 rings (SSSR count). The van der Waals surface area contributed by atoms with E-state index in [4.69, 9.17) is 4.74 Å². The van der Waals surface area contributed by atoms with Gasteiger partial charge in [0.15, 0.2) is 0 Å². The van der Waals surface area contributed by atoms with Crippen LogP contribution in [0.1, 0.15) is 28.8 Å². The van der Waals surface area contributed by atoms with Crippen LogP contribution < -0.4 is 15.0 Å². The summed E-state index contributed by atoms with van der Waals surface area (Å²) in [5, 5.41) is 2.94. The maximum Gasteiger partial charge on any atom is 0.251 e. The highest BCUT2D eigenvalue weighted by Crippen LogP contribution is 2.21. The largest absolute Gasteiger partial charge is 0.457 e. The molecule has 2 heterocycles. The monoisotopic (exact) mass is 373 g/mol. The maximum atomic E-state index is 12.4. The Balaban J connectivity index is 1.31. The molecule has 0 spiro atoms. The Labute approximate surface area is 165 Å². The Bertz CT molecular complexity index is 903. The molecule has 5 nitrogen and oxygen atoms in total. The van der Waals surface area contributed by atoms with E-state index in [1.807, 2.05) is 48.7 Å². The first-order valence-electron chi connectivity index (χ1n) is 9.59. The van der Waals surface area contributed by atoms with Crippen LogP contribution in [0, 0.1) is 0 Å². The van der Waals surface area contributed by atoms with Crippen LogP contribution in [0.15, 0.2) is 72.9 Å². The second-order valence-electron chi connectivity index (χ2n) is 6.84. The van der Waals surface area contributed by atoms with Crippen LogP contribution in [-0.4, -0.2) is 24.0 Å². The summed E-state index contributed by atoms with van der Waals surface area (Å²) in [4.78, 5) is 19.2. The molecular formula is C23H23N3O2. The second-order valence-corrected chi connectivity index (χ2v) is 6.84. The molecule has 1 N–H and O–H groups in total. The van der Waals surface area contributed by atoms with Crippen LogP contribution in [0.4, 0.5) is 5.82 Å². The number of hydrogen-bond acceptors (Lipinski definition) is 4. The molecule has 0 unspecified atom stereocenters. The van der Waals surface area contributed by atoms with Gasteiger partial charge in [-0.15, -0.1) is 0 Å². The molecule has 3 aromatic rings. The van der Waals surface area contributed by atoms with Crippen molar-refractivity contribution in [2.45, 2.75) is 19.4 Å². The van der Waals surface area contributed by atoms with Gasteiger partial charge in [-0.3, -0.25) is 4.79 Å². The van der Waals surface area contributed by atoms with E-state index in [0.29, 0.717) is 17.9 Å². The molecule has 2 aromatic carbocycles. The fourth-order valence-corrected chi connectivity index (χ4v) is 3.24. The summed E-state index contributed by atoms with van der Waals surface area (Å²) in [5.74, 6) is 2.37. The van der Waals surface area contributed by atoms with Gasteiger partial charge in [0.1, 0.15) is 17.3 Å². The van der Waals surface area contributed by atoms with E-state index in [1.54, 1.807) is 24.3 Å². The molecule has 1 aromatic heterocycles. The molecular weight excluding hydrogens is 350 g/mol. The van der Waals surface area contributed by atoms with Crippen molar-refractivity contribution in [3.8, 4) is 11.5 Å². The Morgan fingerprint density at radius 3 is 2.32 bits per heavy atom. The number of amides is 1. The van der Waals surface area contributed by atoms with Crippen LogP contribution in [-0.2, 0) is 6.54 Å². The number of para-hydroxylation sites is 1. The average Bonchev–Trinajstić information content (AvgIpc) is 3.29. The fraction of sp³-hybridized carbons (Fsp3) is 0.217. The lowest BCUT2D eigenvalue weighted by atomic mass is 10.2. The van der Waals surface area contributed by atoms with Gasteiger partial charge in [-0.25, -0.2) is 4.98 Å². The summed E-state index contributed by atoms with van der Waals surface area (Å²) in [6.07, 6.45) is 4.30. The third kappa shape index (κ3) is 4.49. The molecule has 5 heteroatoms. The number of aromatic nitrogens is 1. The molecule has 1 aliphatic rings. The Morgan fingerprint density at radius 1 is 0.929 bits per heavy atom. The van der Waals surface area contributed by atoms with Crippen LogP contribution in [0.2, 0.25) is 0 Å². The number of anilines is 1. The number of rotatable bonds is 6. The van der Waals surface area contributed by atoms with Crippen molar-refractivity contribution in [3.05, 3.63) is 84.1 Å². The highest BCUT2D eigenvalue weighted by molar-refractivity contribution is 5.94. The number of carbonyl (C=O) groups is 1. The summed E-state index contributed by atoms with van der Waals surface area (Å²) >= 11 is 0. The number of hydrogen-bond donors (Lipinski definition) is 1. The highest BCUT2D eigenvalue weighted by Gasteiger charge is 2.13. The number of benzene rings is 2. The predicted molar refractivity (Wildman–Crippen MR) is 110 cm³/mol. The molecule has 1 fully saturated rings. The fourth-order valence-electron chi connectivity index (χ4n) is 3.24. The number of nitrogens with zero attached hydrogens (tertiary/aromatic N) is 2. The molecule has 1 saturated heterocycles. The zero-order chi connectivity index (χ0) is 19.2. The molecule has 142 valence electrons. The lowest BCUT2D eigenvalue weighted by Gasteiger charge is -2.16. The van der Waals surface area contributed by atoms with Crippen molar-refractivity contribution < 1.29 is 9.53 Å². The van der Waals surface area contributed by atoms with Crippen molar-refractivity contribution in [3.63, 3.8) is 0 Å². The molecule has 1 aliphatic heterocycles. The van der Waals surface area contributed by atoms with Gasteiger partial charge < -0.3 is 15.0 Å². The summed E-state index contributed by atoms with van der Waals surface area (Å²) in [5.41, 5.74) is 1.59. The van der Waals surface area contributed by atoms with Gasteiger partial charge in [-0.2, -0.15) is 0 Å². The average molecular weight is 373 g/mol. The molecule has 0 bridgehead atoms. The summed E-state index contributed by atoms with van der Waals surface area (Å²) in [6.45, 7) is 2.61. The van der Waals surface area contributed by atoms with Crippen molar-refractivity contribution in [2.75, 3.05) is 18.0 Å². The topological polar surface area (TPSA) is 54.5 Å². The minimum absolute atomic E-state index is 0.116. The second kappa shape index (κ2) is 8.57. The third-order valence-corrected chi connectivity index (χ3v) is 4.79. The highest BCUT2D eigenvalue weighted by atomic mass is 16.5. The Morgan fingerprint density at radius 2 is 1.64 bits per heavy atom. The maximum absolute atomic E-state index is 12.4. The minimum atomic E-state index is -0.116. The quantitative estimate of drug-likeness (QED) is 0.696. The molecule has 0 radical (unpaired) electrons. The van der Waals surface area contributed by atoms with Crippen molar-refractivity contribution >= 4 is 11.7 Å². The lowest BCUT2D eigenvalue weighted by molar-refractivity contribution is 0.0951. The molecule has 1 amide bonds. The van der Waals surface area contributed by atoms with Crippen LogP contribution in [0.5, 0.6) is 11.5 Å². The smallest absolute Gasteiger partial charge is 0.251 e. The third-order valence-electron chi connectivity index (χ3n) is 4.79. The number of carbonyl (C=O) groups excluding carboxylic acids is 1. The van der Waals surface area contributed by atoms with E-state index in [9.17, 15) is 4.79 Å². The van der Waals surface area contributed by atoms with E-state index >= 15 is 0 Å². The van der Waals surface area contributed by atoms with Crippen molar-refractivity contribution in [1.29, 1.82) is 0 Å². The first-order chi connectivity index (χ1) is 13.8. The van der Waals surface area contributed by atoms with E-state index in [0.717, 1.165) is 30.2 Å². The van der Waals surface area contributed by atoms with Crippen LogP contribution in [0.25, 0.3) is 0 Å². The summed E-state index contributed by atoms with van der Waals surface area (Å²) < 4.78 is 5.75. The van der Waals surface area contributed by atoms with Crippen molar-refractivity contribution in [2.24, 2.45) is 0 Å². The Kier molecular flexibility index (Phi) is 5.52. The Hall–Kier alpha value is -3.34. The normalized spacial score (nSPS) is 13.4. The summed E-state index contributed by atoms with van der Waals surface area (Å²) in [6, 6.07) is 20.8. The van der Waals surface area contributed by atoms with Gasteiger partial charge in [0.25, 0.3) is 5.91 Å². The summed E-state index contributed by atoms with van der Waals surface area (Å²) in [7, 11) is 0. The SMILES string of the molecule is O=C(NCc1ccc(N2CCCC2)nc1)c1ccc(Oc2ccccc2)cc1. The minimum Gasteiger partial charge on any atom is -0.457 e. The first kappa shape index (κ1) is 18.0. The van der Waals surface area contributed by atoms with E-state index in [1.165, 1.54) is 12.8 Å². The number of nitrogens with one attached hydrogen (secondary N) is 1. The number of ether oxygens (including phenoxy) is 1. The first-order valence-corrected chi connectivity index (χ1v) is 9.59. The lowest BCUT2D eigenvalue weighted by Crippen LogP contribution is -2.23. The van der Waals surface area contributed by atoms with E-state index in [-0.39, 0.29) is 5.91 Å². The van der Waals surface area contributed by atoms with Crippen LogP contribution in [0.3, 0.4) is 0 Å². The van der Waals surface area contributed by atoms with Gasteiger partial charge in [-0.1, -0.05) is 24.3 Å². The van der Waals surface area contributed by atoms with Crippen LogP contribution >= 0.6 is 0 Å².